The minimum absolute atomic E-state index is 0.0341. The summed E-state index contributed by atoms with van der Waals surface area (Å²) >= 11 is 6.10. The predicted octanol–water partition coefficient (Wildman–Crippen LogP) is 4.33. The Balaban J connectivity index is 2.39. The van der Waals surface area contributed by atoms with Crippen LogP contribution in [0.25, 0.3) is 0 Å². The van der Waals surface area contributed by atoms with Crippen molar-refractivity contribution < 1.29 is 4.74 Å². The third-order valence-electron chi connectivity index (χ3n) is 3.99. The lowest BCUT2D eigenvalue weighted by molar-refractivity contribution is 0.0231. The van der Waals surface area contributed by atoms with Crippen molar-refractivity contribution in [3.05, 3.63) is 28.8 Å². The fourth-order valence-electron chi connectivity index (χ4n) is 2.75. The van der Waals surface area contributed by atoms with Gasteiger partial charge >= 0.3 is 0 Å². The van der Waals surface area contributed by atoms with Crippen LogP contribution in [-0.4, -0.2) is 12.1 Å². The van der Waals surface area contributed by atoms with Crippen LogP contribution in [-0.2, 0) is 0 Å². The van der Waals surface area contributed by atoms with Crippen molar-refractivity contribution >= 4 is 11.6 Å². The summed E-state index contributed by atoms with van der Waals surface area (Å²) in [5.74, 6) is 0.986. The van der Waals surface area contributed by atoms with Gasteiger partial charge in [-0.1, -0.05) is 32.4 Å². The SMILES string of the molecule is CCNC1CC(CC)(CC)Oc2ccc(Cl)cc21. The molecule has 1 unspecified atom stereocenters. The summed E-state index contributed by atoms with van der Waals surface area (Å²) < 4.78 is 6.25. The number of fused-ring (bicyclic) bond motifs is 1. The number of rotatable bonds is 4. The molecule has 1 aromatic carbocycles. The molecule has 2 nitrogen and oxygen atoms in total. The predicted molar refractivity (Wildman–Crippen MR) is 76.4 cm³/mol. The lowest BCUT2D eigenvalue weighted by Gasteiger charge is -2.41. The molecule has 18 heavy (non-hydrogen) atoms. The summed E-state index contributed by atoms with van der Waals surface area (Å²) in [7, 11) is 0. The summed E-state index contributed by atoms with van der Waals surface area (Å²) in [6.07, 6.45) is 3.09. The highest BCUT2D eigenvalue weighted by molar-refractivity contribution is 6.30. The van der Waals surface area contributed by atoms with Gasteiger partial charge in [-0.15, -0.1) is 0 Å². The maximum Gasteiger partial charge on any atom is 0.125 e. The topological polar surface area (TPSA) is 21.3 Å². The Labute approximate surface area is 115 Å². The van der Waals surface area contributed by atoms with Crippen LogP contribution in [0.5, 0.6) is 5.75 Å². The first-order valence-corrected chi connectivity index (χ1v) is 7.23. The molecule has 1 N–H and O–H groups in total. The molecule has 0 saturated heterocycles. The van der Waals surface area contributed by atoms with Crippen LogP contribution in [0.4, 0.5) is 0 Å². The van der Waals surface area contributed by atoms with Gasteiger partial charge in [0.25, 0.3) is 0 Å². The van der Waals surface area contributed by atoms with Crippen LogP contribution in [0.3, 0.4) is 0 Å². The minimum atomic E-state index is -0.0341. The van der Waals surface area contributed by atoms with Crippen molar-refractivity contribution in [2.75, 3.05) is 6.54 Å². The molecule has 0 bridgehead atoms. The van der Waals surface area contributed by atoms with Gasteiger partial charge in [-0.05, 0) is 37.6 Å². The number of nitrogens with one attached hydrogen (secondary N) is 1. The molecule has 0 aliphatic carbocycles. The van der Waals surface area contributed by atoms with Gasteiger partial charge in [-0.25, -0.2) is 0 Å². The highest BCUT2D eigenvalue weighted by Crippen LogP contribution is 2.43. The van der Waals surface area contributed by atoms with Gasteiger partial charge in [0, 0.05) is 23.0 Å². The van der Waals surface area contributed by atoms with Crippen LogP contribution in [0.2, 0.25) is 5.02 Å². The first-order chi connectivity index (χ1) is 8.64. The molecular weight excluding hydrogens is 246 g/mol. The molecule has 0 amide bonds. The average Bonchev–Trinajstić information content (AvgIpc) is 2.39. The van der Waals surface area contributed by atoms with Gasteiger partial charge in [-0.3, -0.25) is 0 Å². The Morgan fingerprint density at radius 3 is 2.67 bits per heavy atom. The van der Waals surface area contributed by atoms with E-state index in [0.717, 1.165) is 36.6 Å². The maximum atomic E-state index is 6.25. The first kappa shape index (κ1) is 13.7. The van der Waals surface area contributed by atoms with E-state index in [9.17, 15) is 0 Å². The summed E-state index contributed by atoms with van der Waals surface area (Å²) in [5, 5.41) is 4.33. The van der Waals surface area contributed by atoms with E-state index in [1.54, 1.807) is 0 Å². The van der Waals surface area contributed by atoms with Gasteiger partial charge in [0.15, 0.2) is 0 Å². The van der Waals surface area contributed by atoms with E-state index in [2.05, 4.69) is 26.1 Å². The molecule has 0 fully saturated rings. The van der Waals surface area contributed by atoms with E-state index in [-0.39, 0.29) is 5.60 Å². The lowest BCUT2D eigenvalue weighted by Crippen LogP contribution is -2.43. The smallest absolute Gasteiger partial charge is 0.125 e. The molecule has 1 atom stereocenters. The number of hydrogen-bond donors (Lipinski definition) is 1. The summed E-state index contributed by atoms with van der Waals surface area (Å²) in [6, 6.07) is 6.28. The Hall–Kier alpha value is -0.730. The third-order valence-corrected chi connectivity index (χ3v) is 4.22. The van der Waals surface area contributed by atoms with Gasteiger partial charge in [0.05, 0.1) is 0 Å². The normalized spacial score (nSPS) is 21.2. The minimum Gasteiger partial charge on any atom is -0.487 e. The second kappa shape index (κ2) is 5.50. The zero-order chi connectivity index (χ0) is 13.2. The number of ether oxygens (including phenoxy) is 1. The van der Waals surface area contributed by atoms with Crippen molar-refractivity contribution in [1.82, 2.24) is 5.32 Å². The fraction of sp³-hybridized carbons (Fsp3) is 0.600. The van der Waals surface area contributed by atoms with Crippen molar-refractivity contribution in [3.63, 3.8) is 0 Å². The average molecular weight is 268 g/mol. The van der Waals surface area contributed by atoms with Crippen LogP contribution < -0.4 is 10.1 Å². The van der Waals surface area contributed by atoms with E-state index in [1.807, 2.05) is 18.2 Å². The quantitative estimate of drug-likeness (QED) is 0.877. The van der Waals surface area contributed by atoms with Crippen molar-refractivity contribution in [2.45, 2.75) is 51.7 Å². The van der Waals surface area contributed by atoms with E-state index >= 15 is 0 Å². The number of hydrogen-bond acceptors (Lipinski definition) is 2. The Kier molecular flexibility index (Phi) is 4.18. The van der Waals surface area contributed by atoms with Crippen molar-refractivity contribution in [1.29, 1.82) is 0 Å². The van der Waals surface area contributed by atoms with E-state index in [1.165, 1.54) is 5.56 Å². The Morgan fingerprint density at radius 1 is 1.33 bits per heavy atom. The zero-order valence-corrected chi connectivity index (χ0v) is 12.2. The molecule has 2 rings (SSSR count). The number of benzene rings is 1. The molecule has 0 saturated carbocycles. The fourth-order valence-corrected chi connectivity index (χ4v) is 2.93. The summed E-state index contributed by atoms with van der Waals surface area (Å²) in [6.45, 7) is 7.50. The molecule has 0 spiro atoms. The summed E-state index contributed by atoms with van der Waals surface area (Å²) in [5.41, 5.74) is 1.16. The number of halogens is 1. The molecule has 1 aliphatic rings. The van der Waals surface area contributed by atoms with Gasteiger partial charge in [0.1, 0.15) is 11.4 Å². The lowest BCUT2D eigenvalue weighted by atomic mass is 9.83. The summed E-state index contributed by atoms with van der Waals surface area (Å²) in [4.78, 5) is 0. The van der Waals surface area contributed by atoms with Crippen LogP contribution in [0, 0.1) is 0 Å². The molecule has 1 heterocycles. The first-order valence-electron chi connectivity index (χ1n) is 6.86. The highest BCUT2D eigenvalue weighted by Gasteiger charge is 2.38. The molecule has 3 heteroatoms. The zero-order valence-electron chi connectivity index (χ0n) is 11.4. The largest absolute Gasteiger partial charge is 0.487 e. The van der Waals surface area contributed by atoms with Crippen molar-refractivity contribution in [3.8, 4) is 5.75 Å². The third kappa shape index (κ3) is 2.50. The van der Waals surface area contributed by atoms with Gasteiger partial charge < -0.3 is 10.1 Å². The molecule has 1 aromatic rings. The van der Waals surface area contributed by atoms with Gasteiger partial charge in [-0.2, -0.15) is 0 Å². The van der Waals surface area contributed by atoms with Crippen LogP contribution in [0.15, 0.2) is 18.2 Å². The second-order valence-electron chi connectivity index (χ2n) is 4.99. The van der Waals surface area contributed by atoms with Gasteiger partial charge in [0.2, 0.25) is 0 Å². The molecule has 0 aromatic heterocycles. The standard InChI is InChI=1S/C15H22ClNO/c1-4-15(5-2)10-13(17-6-3)12-9-11(16)7-8-14(12)18-15/h7-9,13,17H,4-6,10H2,1-3H3. The highest BCUT2D eigenvalue weighted by atomic mass is 35.5. The van der Waals surface area contributed by atoms with E-state index in [4.69, 9.17) is 16.3 Å². The Morgan fingerprint density at radius 2 is 2.06 bits per heavy atom. The Bertz CT molecular complexity index is 415. The second-order valence-corrected chi connectivity index (χ2v) is 5.43. The van der Waals surface area contributed by atoms with Crippen LogP contribution >= 0.6 is 11.6 Å². The molecule has 1 aliphatic heterocycles. The van der Waals surface area contributed by atoms with Crippen LogP contribution in [0.1, 0.15) is 51.6 Å². The monoisotopic (exact) mass is 267 g/mol. The van der Waals surface area contributed by atoms with E-state index < -0.39 is 0 Å². The van der Waals surface area contributed by atoms with E-state index in [0.29, 0.717) is 6.04 Å². The molecule has 100 valence electrons. The van der Waals surface area contributed by atoms with Crippen molar-refractivity contribution in [2.24, 2.45) is 0 Å². The molecule has 0 radical (unpaired) electrons. The molecular formula is C15H22ClNO. The maximum absolute atomic E-state index is 6.25.